The van der Waals surface area contributed by atoms with Crippen LogP contribution < -0.4 is 16.0 Å². The smallest absolute Gasteiger partial charge is 0.126 e. The number of para-hydroxylation sites is 1. The van der Waals surface area contributed by atoms with Crippen LogP contribution in [0.3, 0.4) is 0 Å². The SMILES string of the molecule is Cc1ccc(C(CCOc2ccccc2)NN)cc1F. The molecule has 0 aliphatic carbocycles. The van der Waals surface area contributed by atoms with Gasteiger partial charge < -0.3 is 4.74 Å². The Kier molecular flexibility index (Phi) is 5.09. The van der Waals surface area contributed by atoms with Gasteiger partial charge in [-0.05, 0) is 36.2 Å². The Balaban J connectivity index is 1.93. The van der Waals surface area contributed by atoms with E-state index in [9.17, 15) is 4.39 Å². The molecule has 0 heterocycles. The van der Waals surface area contributed by atoms with Gasteiger partial charge in [0.1, 0.15) is 11.6 Å². The summed E-state index contributed by atoms with van der Waals surface area (Å²) in [4.78, 5) is 0. The van der Waals surface area contributed by atoms with Crippen LogP contribution >= 0.6 is 0 Å². The minimum atomic E-state index is -0.216. The molecule has 3 nitrogen and oxygen atoms in total. The van der Waals surface area contributed by atoms with Gasteiger partial charge in [0.25, 0.3) is 0 Å². The zero-order valence-electron chi connectivity index (χ0n) is 11.5. The molecule has 2 aromatic rings. The van der Waals surface area contributed by atoms with Crippen LogP contribution in [0.4, 0.5) is 4.39 Å². The van der Waals surface area contributed by atoms with E-state index < -0.39 is 0 Å². The van der Waals surface area contributed by atoms with Gasteiger partial charge in [0, 0.05) is 12.5 Å². The molecule has 0 aromatic heterocycles. The maximum atomic E-state index is 13.6. The van der Waals surface area contributed by atoms with Crippen LogP contribution in [0.2, 0.25) is 0 Å². The number of aryl methyl sites for hydroxylation is 1. The van der Waals surface area contributed by atoms with Crippen LogP contribution in [-0.4, -0.2) is 6.61 Å². The maximum Gasteiger partial charge on any atom is 0.126 e. The van der Waals surface area contributed by atoms with E-state index >= 15 is 0 Å². The van der Waals surface area contributed by atoms with Gasteiger partial charge in [0.2, 0.25) is 0 Å². The summed E-state index contributed by atoms with van der Waals surface area (Å²) < 4.78 is 19.2. The standard InChI is InChI=1S/C16H19FN2O/c1-12-7-8-13(11-15(12)17)16(19-18)9-10-20-14-5-3-2-4-6-14/h2-8,11,16,19H,9-10,18H2,1H3. The summed E-state index contributed by atoms with van der Waals surface area (Å²) in [6.07, 6.45) is 0.661. The highest BCUT2D eigenvalue weighted by molar-refractivity contribution is 5.26. The molecule has 2 rings (SSSR count). The van der Waals surface area contributed by atoms with Gasteiger partial charge in [-0.2, -0.15) is 0 Å². The van der Waals surface area contributed by atoms with E-state index in [1.807, 2.05) is 36.4 Å². The van der Waals surface area contributed by atoms with Crippen LogP contribution in [-0.2, 0) is 0 Å². The first-order chi connectivity index (χ1) is 9.70. The van der Waals surface area contributed by atoms with E-state index in [1.54, 1.807) is 13.0 Å². The first kappa shape index (κ1) is 14.5. The molecule has 0 fully saturated rings. The normalized spacial score (nSPS) is 12.2. The Bertz CT molecular complexity index is 545. The number of halogens is 1. The van der Waals surface area contributed by atoms with E-state index in [4.69, 9.17) is 10.6 Å². The van der Waals surface area contributed by atoms with E-state index in [2.05, 4.69) is 5.43 Å². The van der Waals surface area contributed by atoms with Crippen molar-refractivity contribution in [2.24, 2.45) is 5.84 Å². The minimum absolute atomic E-state index is 0.131. The highest BCUT2D eigenvalue weighted by atomic mass is 19.1. The van der Waals surface area contributed by atoms with Crippen molar-refractivity contribution < 1.29 is 9.13 Å². The minimum Gasteiger partial charge on any atom is -0.494 e. The molecule has 0 aliphatic heterocycles. The fraction of sp³-hybridized carbons (Fsp3) is 0.250. The number of nitrogens with one attached hydrogen (secondary N) is 1. The Morgan fingerprint density at radius 1 is 1.20 bits per heavy atom. The molecule has 0 aliphatic rings. The quantitative estimate of drug-likeness (QED) is 0.628. The van der Waals surface area contributed by atoms with Crippen LogP contribution in [0.5, 0.6) is 5.75 Å². The number of hydrogen-bond donors (Lipinski definition) is 2. The molecule has 4 heteroatoms. The Morgan fingerprint density at radius 3 is 2.60 bits per heavy atom. The molecule has 106 valence electrons. The van der Waals surface area contributed by atoms with Crippen molar-refractivity contribution in [3.05, 3.63) is 65.5 Å². The summed E-state index contributed by atoms with van der Waals surface area (Å²) >= 11 is 0. The lowest BCUT2D eigenvalue weighted by Crippen LogP contribution is -2.29. The molecular weight excluding hydrogens is 255 g/mol. The zero-order valence-corrected chi connectivity index (χ0v) is 11.5. The summed E-state index contributed by atoms with van der Waals surface area (Å²) in [5, 5.41) is 0. The molecule has 3 N–H and O–H groups in total. The van der Waals surface area contributed by atoms with Crippen molar-refractivity contribution in [2.75, 3.05) is 6.61 Å². The Morgan fingerprint density at radius 2 is 1.95 bits per heavy atom. The summed E-state index contributed by atoms with van der Waals surface area (Å²) in [6.45, 7) is 2.25. The second-order valence-electron chi connectivity index (χ2n) is 4.68. The number of hydrazine groups is 1. The number of rotatable bonds is 6. The van der Waals surface area contributed by atoms with Crippen molar-refractivity contribution in [3.8, 4) is 5.75 Å². The van der Waals surface area contributed by atoms with Gasteiger partial charge in [-0.3, -0.25) is 11.3 Å². The summed E-state index contributed by atoms with van der Waals surface area (Å²) in [5.74, 6) is 6.15. The van der Waals surface area contributed by atoms with Gasteiger partial charge in [-0.25, -0.2) is 4.39 Å². The first-order valence-electron chi connectivity index (χ1n) is 6.60. The van der Waals surface area contributed by atoms with E-state index in [0.717, 1.165) is 11.3 Å². The molecule has 0 saturated heterocycles. The maximum absolute atomic E-state index is 13.6. The largest absolute Gasteiger partial charge is 0.494 e. The second kappa shape index (κ2) is 7.03. The average molecular weight is 274 g/mol. The van der Waals surface area contributed by atoms with E-state index in [-0.39, 0.29) is 11.9 Å². The van der Waals surface area contributed by atoms with Crippen LogP contribution in [0.25, 0.3) is 0 Å². The predicted molar refractivity (Wildman–Crippen MR) is 77.8 cm³/mol. The third kappa shape index (κ3) is 3.79. The number of hydrogen-bond acceptors (Lipinski definition) is 3. The van der Waals surface area contributed by atoms with Crippen LogP contribution in [0, 0.1) is 12.7 Å². The van der Waals surface area contributed by atoms with Crippen molar-refractivity contribution >= 4 is 0 Å². The van der Waals surface area contributed by atoms with Gasteiger partial charge in [-0.1, -0.05) is 30.3 Å². The molecule has 0 amide bonds. The van der Waals surface area contributed by atoms with Crippen molar-refractivity contribution in [1.82, 2.24) is 5.43 Å². The molecule has 0 radical (unpaired) electrons. The fourth-order valence-corrected chi connectivity index (χ4v) is 1.98. The van der Waals surface area contributed by atoms with Crippen molar-refractivity contribution in [3.63, 3.8) is 0 Å². The number of ether oxygens (including phenoxy) is 1. The topological polar surface area (TPSA) is 47.3 Å². The molecule has 0 bridgehead atoms. The molecule has 1 unspecified atom stereocenters. The predicted octanol–water partition coefficient (Wildman–Crippen LogP) is 3.11. The summed E-state index contributed by atoms with van der Waals surface area (Å²) in [5.41, 5.74) is 4.16. The van der Waals surface area contributed by atoms with Crippen LogP contribution in [0.1, 0.15) is 23.6 Å². The molecule has 1 atom stereocenters. The van der Waals surface area contributed by atoms with Gasteiger partial charge in [-0.15, -0.1) is 0 Å². The highest BCUT2D eigenvalue weighted by Gasteiger charge is 2.11. The zero-order chi connectivity index (χ0) is 14.4. The van der Waals surface area contributed by atoms with E-state index in [1.165, 1.54) is 6.07 Å². The van der Waals surface area contributed by atoms with Gasteiger partial charge >= 0.3 is 0 Å². The lowest BCUT2D eigenvalue weighted by molar-refractivity contribution is 0.287. The van der Waals surface area contributed by atoms with E-state index in [0.29, 0.717) is 18.6 Å². The molecule has 2 aromatic carbocycles. The van der Waals surface area contributed by atoms with Crippen LogP contribution in [0.15, 0.2) is 48.5 Å². The summed E-state index contributed by atoms with van der Waals surface area (Å²) in [7, 11) is 0. The van der Waals surface area contributed by atoms with Gasteiger partial charge in [0.15, 0.2) is 0 Å². The third-order valence-electron chi connectivity index (χ3n) is 3.22. The highest BCUT2D eigenvalue weighted by Crippen LogP contribution is 2.19. The average Bonchev–Trinajstić information content (AvgIpc) is 2.48. The molecule has 0 spiro atoms. The van der Waals surface area contributed by atoms with Crippen molar-refractivity contribution in [2.45, 2.75) is 19.4 Å². The van der Waals surface area contributed by atoms with Gasteiger partial charge in [0.05, 0.1) is 6.61 Å². The van der Waals surface area contributed by atoms with Crippen molar-refractivity contribution in [1.29, 1.82) is 0 Å². The monoisotopic (exact) mass is 274 g/mol. The summed E-state index contributed by atoms with van der Waals surface area (Å²) in [6, 6.07) is 14.6. The lowest BCUT2D eigenvalue weighted by Gasteiger charge is -2.17. The Hall–Kier alpha value is -1.91. The second-order valence-corrected chi connectivity index (χ2v) is 4.68. The fourth-order valence-electron chi connectivity index (χ4n) is 1.98. The lowest BCUT2D eigenvalue weighted by atomic mass is 10.0. The number of nitrogens with two attached hydrogens (primary N) is 1. The third-order valence-corrected chi connectivity index (χ3v) is 3.22. The molecular formula is C16H19FN2O. The first-order valence-corrected chi connectivity index (χ1v) is 6.60. The molecule has 20 heavy (non-hydrogen) atoms. The molecule has 0 saturated carbocycles. The number of benzene rings is 2. The Labute approximate surface area is 118 Å².